The van der Waals surface area contributed by atoms with Crippen molar-refractivity contribution >= 4 is 16.9 Å². The molecule has 3 aromatic rings. The number of benzene rings is 1. The average Bonchev–Trinajstić information content (AvgIpc) is 2.94. The standard InChI is InChI=1S/C11H7N3O3/c15-11(16)7-5-12-17-10(7)9-6-3-1-2-4-8(6)13-14-9/h1-5H,(H,13,14)(H,15,16). The highest BCUT2D eigenvalue weighted by Gasteiger charge is 2.20. The molecule has 0 atom stereocenters. The molecule has 2 aromatic heterocycles. The average molecular weight is 229 g/mol. The second-order valence-corrected chi connectivity index (χ2v) is 3.49. The molecule has 0 amide bonds. The number of rotatable bonds is 2. The maximum atomic E-state index is 11.0. The molecule has 0 spiro atoms. The minimum Gasteiger partial charge on any atom is -0.477 e. The van der Waals surface area contributed by atoms with Gasteiger partial charge in [-0.1, -0.05) is 23.4 Å². The van der Waals surface area contributed by atoms with Crippen molar-refractivity contribution in [2.24, 2.45) is 0 Å². The summed E-state index contributed by atoms with van der Waals surface area (Å²) in [6.07, 6.45) is 1.17. The van der Waals surface area contributed by atoms with Crippen molar-refractivity contribution in [2.45, 2.75) is 0 Å². The van der Waals surface area contributed by atoms with Crippen LogP contribution in [-0.2, 0) is 0 Å². The van der Waals surface area contributed by atoms with Crippen molar-refractivity contribution in [3.8, 4) is 11.5 Å². The number of carboxylic acids is 1. The van der Waals surface area contributed by atoms with Gasteiger partial charge in [-0.2, -0.15) is 5.10 Å². The lowest BCUT2D eigenvalue weighted by atomic mass is 10.1. The minimum atomic E-state index is -1.09. The van der Waals surface area contributed by atoms with Gasteiger partial charge in [0.05, 0.1) is 11.7 Å². The summed E-state index contributed by atoms with van der Waals surface area (Å²) in [7, 11) is 0. The zero-order valence-corrected chi connectivity index (χ0v) is 8.54. The van der Waals surface area contributed by atoms with E-state index in [1.54, 1.807) is 0 Å². The van der Waals surface area contributed by atoms with Gasteiger partial charge in [0.1, 0.15) is 11.3 Å². The minimum absolute atomic E-state index is 0.00209. The molecule has 6 nitrogen and oxygen atoms in total. The highest BCUT2D eigenvalue weighted by molar-refractivity contribution is 5.99. The van der Waals surface area contributed by atoms with Crippen molar-refractivity contribution in [2.75, 3.05) is 0 Å². The molecule has 2 N–H and O–H groups in total. The summed E-state index contributed by atoms with van der Waals surface area (Å²) in [5, 5.41) is 20.2. The third-order valence-corrected chi connectivity index (χ3v) is 2.49. The Labute approximate surface area is 94.9 Å². The Morgan fingerprint density at radius 3 is 3.00 bits per heavy atom. The Morgan fingerprint density at radius 1 is 1.35 bits per heavy atom. The normalized spacial score (nSPS) is 10.8. The number of fused-ring (bicyclic) bond motifs is 1. The number of nitrogens with one attached hydrogen (secondary N) is 1. The molecule has 0 aliphatic heterocycles. The van der Waals surface area contributed by atoms with Crippen molar-refractivity contribution in [1.29, 1.82) is 0 Å². The predicted octanol–water partition coefficient (Wildman–Crippen LogP) is 1.92. The molecule has 0 saturated heterocycles. The van der Waals surface area contributed by atoms with E-state index in [1.807, 2.05) is 24.3 Å². The number of hydrogen-bond acceptors (Lipinski definition) is 4. The quantitative estimate of drug-likeness (QED) is 0.700. The molecule has 0 fully saturated rings. The lowest BCUT2D eigenvalue weighted by Crippen LogP contribution is -1.96. The van der Waals surface area contributed by atoms with Crippen LogP contribution in [0.15, 0.2) is 35.0 Å². The number of H-pyrrole nitrogens is 1. The van der Waals surface area contributed by atoms with Gasteiger partial charge in [0.15, 0.2) is 0 Å². The molecular formula is C11H7N3O3. The number of aromatic nitrogens is 3. The van der Waals surface area contributed by atoms with Gasteiger partial charge >= 0.3 is 5.97 Å². The number of aromatic amines is 1. The van der Waals surface area contributed by atoms with Crippen molar-refractivity contribution in [3.63, 3.8) is 0 Å². The Hall–Kier alpha value is -2.63. The van der Waals surface area contributed by atoms with E-state index in [0.717, 1.165) is 10.9 Å². The van der Waals surface area contributed by atoms with Gasteiger partial charge in [0, 0.05) is 5.39 Å². The molecule has 3 rings (SSSR count). The van der Waals surface area contributed by atoms with E-state index in [2.05, 4.69) is 15.4 Å². The maximum absolute atomic E-state index is 11.0. The highest BCUT2D eigenvalue weighted by Crippen LogP contribution is 2.28. The van der Waals surface area contributed by atoms with Crippen LogP contribution >= 0.6 is 0 Å². The zero-order chi connectivity index (χ0) is 11.8. The van der Waals surface area contributed by atoms with Crippen LogP contribution in [0.3, 0.4) is 0 Å². The number of para-hydroxylation sites is 1. The van der Waals surface area contributed by atoms with Crippen LogP contribution in [0.2, 0.25) is 0 Å². The van der Waals surface area contributed by atoms with Crippen LogP contribution in [0, 0.1) is 0 Å². The van der Waals surface area contributed by atoms with Crippen LogP contribution in [0.4, 0.5) is 0 Å². The molecule has 84 valence electrons. The first kappa shape index (κ1) is 9.59. The molecule has 6 heteroatoms. The topological polar surface area (TPSA) is 92.0 Å². The van der Waals surface area contributed by atoms with Crippen LogP contribution in [0.1, 0.15) is 10.4 Å². The molecule has 1 aromatic carbocycles. The summed E-state index contributed by atoms with van der Waals surface area (Å²) in [6, 6.07) is 7.39. The summed E-state index contributed by atoms with van der Waals surface area (Å²) in [4.78, 5) is 11.0. The number of carboxylic acid groups (broad SMARTS) is 1. The summed E-state index contributed by atoms with van der Waals surface area (Å²) < 4.78 is 4.97. The maximum Gasteiger partial charge on any atom is 0.341 e. The lowest BCUT2D eigenvalue weighted by molar-refractivity contribution is 0.0697. The largest absolute Gasteiger partial charge is 0.477 e. The third-order valence-electron chi connectivity index (χ3n) is 2.49. The monoisotopic (exact) mass is 229 g/mol. The molecule has 0 unspecified atom stereocenters. The van der Waals surface area contributed by atoms with Crippen LogP contribution in [0.5, 0.6) is 0 Å². The Bertz CT molecular complexity index is 699. The summed E-state index contributed by atoms with van der Waals surface area (Å²) >= 11 is 0. The first-order chi connectivity index (χ1) is 8.27. The SMILES string of the molecule is O=C(O)c1cnoc1-c1n[nH]c2ccccc12. The number of hydrogen-bond donors (Lipinski definition) is 2. The van der Waals surface area contributed by atoms with Crippen LogP contribution in [0.25, 0.3) is 22.4 Å². The molecule has 0 bridgehead atoms. The number of aromatic carboxylic acids is 1. The van der Waals surface area contributed by atoms with Gasteiger partial charge in [0.25, 0.3) is 0 Å². The third kappa shape index (κ3) is 1.38. The first-order valence-corrected chi connectivity index (χ1v) is 4.89. The Balaban J connectivity index is 2.28. The second-order valence-electron chi connectivity index (χ2n) is 3.49. The van der Waals surface area contributed by atoms with Crippen molar-refractivity contribution in [3.05, 3.63) is 36.0 Å². The molecular weight excluding hydrogens is 222 g/mol. The van der Waals surface area contributed by atoms with E-state index in [9.17, 15) is 4.79 Å². The smallest absolute Gasteiger partial charge is 0.341 e. The lowest BCUT2D eigenvalue weighted by Gasteiger charge is -1.93. The van der Waals surface area contributed by atoms with Gasteiger partial charge in [-0.15, -0.1) is 0 Å². The molecule has 0 aliphatic carbocycles. The molecule has 0 aliphatic rings. The fourth-order valence-corrected chi connectivity index (χ4v) is 1.70. The van der Waals surface area contributed by atoms with Gasteiger partial charge in [-0.25, -0.2) is 4.79 Å². The first-order valence-electron chi connectivity index (χ1n) is 4.89. The summed E-state index contributed by atoms with van der Waals surface area (Å²) in [6.45, 7) is 0. The fourth-order valence-electron chi connectivity index (χ4n) is 1.70. The zero-order valence-electron chi connectivity index (χ0n) is 8.54. The fraction of sp³-hybridized carbons (Fsp3) is 0. The highest BCUT2D eigenvalue weighted by atomic mass is 16.5. The predicted molar refractivity (Wildman–Crippen MR) is 58.6 cm³/mol. The van der Waals surface area contributed by atoms with Crippen molar-refractivity contribution in [1.82, 2.24) is 15.4 Å². The molecule has 0 saturated carbocycles. The number of nitrogens with zero attached hydrogens (tertiary/aromatic N) is 2. The van der Waals surface area contributed by atoms with Gasteiger partial charge in [-0.05, 0) is 6.07 Å². The van der Waals surface area contributed by atoms with E-state index >= 15 is 0 Å². The molecule has 2 heterocycles. The molecule has 0 radical (unpaired) electrons. The van der Waals surface area contributed by atoms with E-state index in [1.165, 1.54) is 6.20 Å². The van der Waals surface area contributed by atoms with Gasteiger partial charge < -0.3 is 9.63 Å². The van der Waals surface area contributed by atoms with E-state index in [4.69, 9.17) is 9.63 Å². The van der Waals surface area contributed by atoms with Crippen LogP contribution in [-0.4, -0.2) is 26.4 Å². The van der Waals surface area contributed by atoms with E-state index < -0.39 is 5.97 Å². The van der Waals surface area contributed by atoms with E-state index in [-0.39, 0.29) is 11.3 Å². The number of carbonyl (C=O) groups is 1. The van der Waals surface area contributed by atoms with Crippen molar-refractivity contribution < 1.29 is 14.4 Å². The van der Waals surface area contributed by atoms with Crippen LogP contribution < -0.4 is 0 Å². The Morgan fingerprint density at radius 2 is 2.18 bits per heavy atom. The summed E-state index contributed by atoms with van der Waals surface area (Å²) in [5.74, 6) is -0.928. The van der Waals surface area contributed by atoms with Gasteiger partial charge in [-0.3, -0.25) is 5.10 Å². The Kier molecular flexibility index (Phi) is 1.94. The molecule has 17 heavy (non-hydrogen) atoms. The summed E-state index contributed by atoms with van der Waals surface area (Å²) in [5.41, 5.74) is 1.27. The van der Waals surface area contributed by atoms with E-state index in [0.29, 0.717) is 5.69 Å². The second kappa shape index (κ2) is 3.44. The van der Waals surface area contributed by atoms with Gasteiger partial charge in [0.2, 0.25) is 5.76 Å².